The Kier molecular flexibility index (Phi) is 4.41. The predicted molar refractivity (Wildman–Crippen MR) is 106 cm³/mol. The summed E-state index contributed by atoms with van der Waals surface area (Å²) in [5.74, 6) is -0.383. The number of para-hydroxylation sites is 3. The summed E-state index contributed by atoms with van der Waals surface area (Å²) in [5, 5.41) is 5.76. The minimum atomic E-state index is -0.530. The first-order valence-electron chi connectivity index (χ1n) is 8.43. The van der Waals surface area contributed by atoms with Crippen molar-refractivity contribution >= 4 is 51.3 Å². The summed E-state index contributed by atoms with van der Waals surface area (Å²) < 4.78 is 1.96. The van der Waals surface area contributed by atoms with Gasteiger partial charge in [0, 0.05) is 12.4 Å². The molecular formula is C19H17N5O2S. The monoisotopic (exact) mass is 379 g/mol. The minimum Gasteiger partial charge on any atom is -0.341 e. The van der Waals surface area contributed by atoms with Crippen molar-refractivity contribution in [2.45, 2.75) is 17.3 Å². The first-order valence-corrected chi connectivity index (χ1v) is 9.31. The van der Waals surface area contributed by atoms with Crippen LogP contribution in [0.2, 0.25) is 0 Å². The van der Waals surface area contributed by atoms with E-state index in [-0.39, 0.29) is 5.91 Å². The molecule has 0 saturated carbocycles. The van der Waals surface area contributed by atoms with E-state index < -0.39 is 11.3 Å². The Balaban J connectivity index is 1.85. The number of hydrogen-bond acceptors (Lipinski definition) is 5. The third kappa shape index (κ3) is 3.08. The molecule has 0 fully saturated rings. The zero-order chi connectivity index (χ0) is 19.0. The van der Waals surface area contributed by atoms with Gasteiger partial charge in [-0.15, -0.1) is 0 Å². The number of amides is 3. The Labute approximate surface area is 159 Å². The highest BCUT2D eigenvalue weighted by Gasteiger charge is 2.21. The predicted octanol–water partition coefficient (Wildman–Crippen LogP) is 2.97. The van der Waals surface area contributed by atoms with E-state index in [1.807, 2.05) is 52.9 Å². The third-order valence-electron chi connectivity index (χ3n) is 4.23. The van der Waals surface area contributed by atoms with Gasteiger partial charge < -0.3 is 5.32 Å². The number of fused-ring (bicyclic) bond motifs is 5. The number of thioether (sulfide) groups is 1. The van der Waals surface area contributed by atoms with E-state index in [1.165, 1.54) is 18.8 Å². The van der Waals surface area contributed by atoms with Crippen LogP contribution in [0.15, 0.2) is 53.7 Å². The molecule has 4 rings (SSSR count). The molecule has 0 aliphatic rings. The molecule has 2 aromatic carbocycles. The van der Waals surface area contributed by atoms with Crippen LogP contribution in [0, 0.1) is 0 Å². The standard InChI is InChI=1S/C19H17N5O2S/c1-11(17(25)23-18(26)20-2)27-19-22-13-8-4-3-7-12(13)16-21-14-9-5-6-10-15(14)24(16)19/h3-11H,1-2H3,(H2,20,23,25,26)/t11-/m1/s1. The van der Waals surface area contributed by atoms with Gasteiger partial charge in [0.15, 0.2) is 5.16 Å². The Morgan fingerprint density at radius 1 is 1.04 bits per heavy atom. The molecule has 0 bridgehead atoms. The van der Waals surface area contributed by atoms with Crippen LogP contribution in [0.3, 0.4) is 0 Å². The van der Waals surface area contributed by atoms with Crippen LogP contribution in [0.5, 0.6) is 0 Å². The lowest BCUT2D eigenvalue weighted by atomic mass is 10.2. The fourth-order valence-corrected chi connectivity index (χ4v) is 3.80. The van der Waals surface area contributed by atoms with E-state index in [9.17, 15) is 9.59 Å². The maximum Gasteiger partial charge on any atom is 0.321 e. The summed E-state index contributed by atoms with van der Waals surface area (Å²) in [6.07, 6.45) is 0. The average molecular weight is 379 g/mol. The number of carbonyl (C=O) groups is 2. The second-order valence-electron chi connectivity index (χ2n) is 6.00. The number of imidazole rings is 1. The van der Waals surface area contributed by atoms with Crippen LogP contribution in [-0.2, 0) is 4.79 Å². The molecule has 8 heteroatoms. The van der Waals surface area contributed by atoms with Crippen molar-refractivity contribution in [3.05, 3.63) is 48.5 Å². The molecular weight excluding hydrogens is 362 g/mol. The van der Waals surface area contributed by atoms with E-state index in [0.717, 1.165) is 27.6 Å². The SMILES string of the molecule is CNC(=O)NC(=O)[C@@H](C)Sc1nc2ccccc2c2nc3ccccc3n12. The Hall–Kier alpha value is -3.13. The topological polar surface area (TPSA) is 88.4 Å². The highest BCUT2D eigenvalue weighted by molar-refractivity contribution is 8.00. The lowest BCUT2D eigenvalue weighted by Gasteiger charge is -2.13. The molecule has 2 N–H and O–H groups in total. The normalized spacial score (nSPS) is 12.4. The zero-order valence-electron chi connectivity index (χ0n) is 14.8. The van der Waals surface area contributed by atoms with Crippen LogP contribution in [-0.4, -0.2) is 38.6 Å². The molecule has 0 saturated heterocycles. The molecule has 0 aliphatic carbocycles. The molecule has 0 unspecified atom stereocenters. The lowest BCUT2D eigenvalue weighted by molar-refractivity contribution is -0.119. The van der Waals surface area contributed by atoms with Gasteiger partial charge in [-0.1, -0.05) is 36.0 Å². The maximum atomic E-state index is 12.3. The number of aromatic nitrogens is 3. The molecule has 2 aromatic heterocycles. The highest BCUT2D eigenvalue weighted by atomic mass is 32.2. The van der Waals surface area contributed by atoms with Crippen LogP contribution in [0.25, 0.3) is 27.6 Å². The average Bonchev–Trinajstić information content (AvgIpc) is 3.08. The van der Waals surface area contributed by atoms with Gasteiger partial charge in [-0.3, -0.25) is 14.5 Å². The molecule has 2 heterocycles. The Bertz CT molecular complexity index is 1190. The van der Waals surface area contributed by atoms with Crippen LogP contribution in [0.4, 0.5) is 4.79 Å². The zero-order valence-corrected chi connectivity index (χ0v) is 15.6. The molecule has 27 heavy (non-hydrogen) atoms. The number of imide groups is 1. The van der Waals surface area contributed by atoms with Gasteiger partial charge in [0.05, 0.1) is 21.8 Å². The summed E-state index contributed by atoms with van der Waals surface area (Å²) in [4.78, 5) is 33.2. The van der Waals surface area contributed by atoms with Crippen LogP contribution < -0.4 is 10.6 Å². The summed E-state index contributed by atoms with van der Waals surface area (Å²) in [6, 6.07) is 15.1. The lowest BCUT2D eigenvalue weighted by Crippen LogP contribution is -2.41. The molecule has 0 aliphatic heterocycles. The third-order valence-corrected chi connectivity index (χ3v) is 5.28. The Morgan fingerprint density at radius 2 is 1.74 bits per heavy atom. The van der Waals surface area contributed by atoms with Crippen molar-refractivity contribution in [2.24, 2.45) is 0 Å². The summed E-state index contributed by atoms with van der Waals surface area (Å²) in [5.41, 5.74) is 3.39. The van der Waals surface area contributed by atoms with E-state index in [4.69, 9.17) is 9.97 Å². The van der Waals surface area contributed by atoms with Crippen molar-refractivity contribution in [3.63, 3.8) is 0 Å². The Morgan fingerprint density at radius 3 is 2.52 bits per heavy atom. The van der Waals surface area contributed by atoms with Gasteiger partial charge in [0.25, 0.3) is 0 Å². The van der Waals surface area contributed by atoms with Gasteiger partial charge in [0.1, 0.15) is 5.65 Å². The van der Waals surface area contributed by atoms with E-state index in [1.54, 1.807) is 6.92 Å². The molecule has 136 valence electrons. The van der Waals surface area contributed by atoms with E-state index >= 15 is 0 Å². The highest BCUT2D eigenvalue weighted by Crippen LogP contribution is 2.30. The molecule has 0 radical (unpaired) electrons. The first-order chi connectivity index (χ1) is 13.1. The largest absolute Gasteiger partial charge is 0.341 e. The summed E-state index contributed by atoms with van der Waals surface area (Å²) in [7, 11) is 1.46. The number of benzene rings is 2. The molecule has 7 nitrogen and oxygen atoms in total. The van der Waals surface area contributed by atoms with Gasteiger partial charge in [-0.2, -0.15) is 0 Å². The smallest absolute Gasteiger partial charge is 0.321 e. The van der Waals surface area contributed by atoms with Crippen molar-refractivity contribution < 1.29 is 9.59 Å². The van der Waals surface area contributed by atoms with Crippen molar-refractivity contribution in [1.82, 2.24) is 25.0 Å². The van der Waals surface area contributed by atoms with Gasteiger partial charge in [-0.25, -0.2) is 14.8 Å². The van der Waals surface area contributed by atoms with E-state index in [0.29, 0.717) is 5.16 Å². The molecule has 3 amide bonds. The molecule has 0 spiro atoms. The quantitative estimate of drug-likeness (QED) is 0.422. The summed E-state index contributed by atoms with van der Waals surface area (Å²) in [6.45, 7) is 1.74. The van der Waals surface area contributed by atoms with Gasteiger partial charge >= 0.3 is 6.03 Å². The van der Waals surface area contributed by atoms with Crippen LogP contribution in [0.1, 0.15) is 6.92 Å². The van der Waals surface area contributed by atoms with Gasteiger partial charge in [0.2, 0.25) is 5.91 Å². The molecule has 1 atom stereocenters. The summed E-state index contributed by atoms with van der Waals surface area (Å²) >= 11 is 1.29. The fourth-order valence-electron chi connectivity index (χ4n) is 2.88. The van der Waals surface area contributed by atoms with Crippen molar-refractivity contribution in [3.8, 4) is 0 Å². The van der Waals surface area contributed by atoms with Gasteiger partial charge in [-0.05, 0) is 31.2 Å². The number of carbonyl (C=O) groups excluding carboxylic acids is 2. The second-order valence-corrected chi connectivity index (χ2v) is 7.31. The number of nitrogens with zero attached hydrogens (tertiary/aromatic N) is 3. The van der Waals surface area contributed by atoms with Crippen molar-refractivity contribution in [2.75, 3.05) is 7.05 Å². The number of urea groups is 1. The van der Waals surface area contributed by atoms with E-state index in [2.05, 4.69) is 10.6 Å². The van der Waals surface area contributed by atoms with Crippen molar-refractivity contribution in [1.29, 1.82) is 0 Å². The van der Waals surface area contributed by atoms with Crippen LogP contribution >= 0.6 is 11.8 Å². The number of rotatable bonds is 3. The first kappa shape index (κ1) is 17.3. The minimum absolute atomic E-state index is 0.383. The number of nitrogens with one attached hydrogen (secondary N) is 2. The molecule has 4 aromatic rings. The number of hydrogen-bond donors (Lipinski definition) is 2. The fraction of sp³-hybridized carbons (Fsp3) is 0.158. The second kappa shape index (κ2) is 6.88. The maximum absolute atomic E-state index is 12.3.